The van der Waals surface area contributed by atoms with Crippen LogP contribution in [0.1, 0.15) is 12.8 Å². The zero-order valence-electron chi connectivity index (χ0n) is 10.4. The van der Waals surface area contributed by atoms with Crippen molar-refractivity contribution < 1.29 is 26.7 Å². The van der Waals surface area contributed by atoms with Crippen LogP contribution in [0.15, 0.2) is 17.0 Å². The second-order valence-corrected chi connectivity index (χ2v) is 5.37. The highest BCUT2D eigenvalue weighted by Crippen LogP contribution is 2.25. The summed E-state index contributed by atoms with van der Waals surface area (Å²) in [7, 11) is -2.60. The predicted molar refractivity (Wildman–Crippen MR) is 64.3 cm³/mol. The Balaban J connectivity index is 2.75. The number of sulfonamides is 1. The van der Waals surface area contributed by atoms with E-state index in [0.717, 1.165) is 0 Å². The maximum atomic E-state index is 13.5. The van der Waals surface area contributed by atoms with Crippen LogP contribution in [-0.4, -0.2) is 28.7 Å². The third-order valence-electron chi connectivity index (χ3n) is 2.29. The van der Waals surface area contributed by atoms with E-state index in [4.69, 9.17) is 14.6 Å². The molecule has 0 aromatic heterocycles. The average Bonchev–Trinajstić information content (AvgIpc) is 2.30. The lowest BCUT2D eigenvalue weighted by Crippen LogP contribution is -2.13. The third-order valence-corrected chi connectivity index (χ3v) is 3.18. The SMILES string of the molecule is COCCCCOc1c(F)cc(S(N)(=O)=O)cc1F. The molecule has 2 N–H and O–H groups in total. The zero-order chi connectivity index (χ0) is 14.5. The van der Waals surface area contributed by atoms with Gasteiger partial charge in [0.2, 0.25) is 10.0 Å². The van der Waals surface area contributed by atoms with Crippen molar-refractivity contribution in [3.63, 3.8) is 0 Å². The van der Waals surface area contributed by atoms with Gasteiger partial charge in [-0.15, -0.1) is 0 Å². The molecule has 0 aliphatic heterocycles. The van der Waals surface area contributed by atoms with Gasteiger partial charge in [-0.05, 0) is 25.0 Å². The lowest BCUT2D eigenvalue weighted by molar-refractivity contribution is 0.182. The molecule has 19 heavy (non-hydrogen) atoms. The van der Waals surface area contributed by atoms with Crippen LogP contribution in [0.3, 0.4) is 0 Å². The molecule has 0 aliphatic rings. The van der Waals surface area contributed by atoms with Gasteiger partial charge in [0.05, 0.1) is 11.5 Å². The summed E-state index contributed by atoms with van der Waals surface area (Å²) in [4.78, 5) is -0.630. The topological polar surface area (TPSA) is 78.6 Å². The van der Waals surface area contributed by atoms with Crippen molar-refractivity contribution in [1.82, 2.24) is 0 Å². The molecule has 0 fully saturated rings. The summed E-state index contributed by atoms with van der Waals surface area (Å²) in [6.45, 7) is 0.630. The molecule has 0 aliphatic carbocycles. The van der Waals surface area contributed by atoms with Crippen LogP contribution in [-0.2, 0) is 14.8 Å². The zero-order valence-corrected chi connectivity index (χ0v) is 11.2. The molecule has 0 unspecified atom stereocenters. The lowest BCUT2D eigenvalue weighted by Gasteiger charge is -2.09. The first-order valence-corrected chi connectivity index (χ1v) is 7.04. The van der Waals surface area contributed by atoms with Crippen LogP contribution >= 0.6 is 0 Å². The van der Waals surface area contributed by atoms with Gasteiger partial charge in [-0.1, -0.05) is 0 Å². The van der Waals surface area contributed by atoms with E-state index in [1.165, 1.54) is 0 Å². The largest absolute Gasteiger partial charge is 0.488 e. The molecule has 0 amide bonds. The van der Waals surface area contributed by atoms with Crippen LogP contribution in [0.4, 0.5) is 8.78 Å². The van der Waals surface area contributed by atoms with Crippen molar-refractivity contribution in [3.05, 3.63) is 23.8 Å². The number of hydrogen-bond donors (Lipinski definition) is 1. The Morgan fingerprint density at radius 2 is 1.68 bits per heavy atom. The summed E-state index contributed by atoms with van der Waals surface area (Å²) >= 11 is 0. The first-order chi connectivity index (χ1) is 8.86. The molecule has 0 bridgehead atoms. The average molecular weight is 295 g/mol. The quantitative estimate of drug-likeness (QED) is 0.772. The Hall–Kier alpha value is -1.25. The summed E-state index contributed by atoms with van der Waals surface area (Å²) in [5.74, 6) is -2.81. The van der Waals surface area contributed by atoms with Crippen LogP contribution in [0, 0.1) is 11.6 Å². The highest BCUT2D eigenvalue weighted by atomic mass is 32.2. The predicted octanol–water partition coefficient (Wildman–Crippen LogP) is 1.42. The molecule has 0 radical (unpaired) electrons. The molecule has 1 aromatic rings. The minimum absolute atomic E-state index is 0.103. The number of hydrogen-bond acceptors (Lipinski definition) is 4. The van der Waals surface area contributed by atoms with Gasteiger partial charge in [-0.3, -0.25) is 0 Å². The summed E-state index contributed by atoms with van der Waals surface area (Å²) in [5.41, 5.74) is 0. The standard InChI is InChI=1S/C11H15F2NO4S/c1-17-4-2-3-5-18-11-9(12)6-8(7-10(11)13)19(14,15)16/h6-7H,2-5H2,1H3,(H2,14,15,16). The maximum Gasteiger partial charge on any atom is 0.238 e. The van der Waals surface area contributed by atoms with E-state index >= 15 is 0 Å². The van der Waals surface area contributed by atoms with E-state index in [9.17, 15) is 17.2 Å². The normalized spacial score (nSPS) is 11.6. The van der Waals surface area contributed by atoms with E-state index in [0.29, 0.717) is 31.6 Å². The fourth-order valence-corrected chi connectivity index (χ4v) is 1.90. The summed E-state index contributed by atoms with van der Waals surface area (Å²) < 4.78 is 58.7. The molecule has 0 saturated heterocycles. The smallest absolute Gasteiger partial charge is 0.238 e. The van der Waals surface area contributed by atoms with Gasteiger partial charge >= 0.3 is 0 Å². The second-order valence-electron chi connectivity index (χ2n) is 3.81. The fourth-order valence-electron chi connectivity index (χ4n) is 1.36. The Morgan fingerprint density at radius 1 is 1.16 bits per heavy atom. The number of benzene rings is 1. The molecular formula is C11H15F2NO4S. The number of unbranched alkanes of at least 4 members (excludes halogenated alkanes) is 1. The maximum absolute atomic E-state index is 13.5. The van der Waals surface area contributed by atoms with Crippen molar-refractivity contribution >= 4 is 10.0 Å². The van der Waals surface area contributed by atoms with E-state index < -0.39 is 32.3 Å². The van der Waals surface area contributed by atoms with Crippen LogP contribution in [0.5, 0.6) is 5.75 Å². The highest BCUT2D eigenvalue weighted by Gasteiger charge is 2.17. The fraction of sp³-hybridized carbons (Fsp3) is 0.455. The monoisotopic (exact) mass is 295 g/mol. The number of ether oxygens (including phenoxy) is 2. The minimum Gasteiger partial charge on any atom is -0.488 e. The molecule has 0 spiro atoms. The number of nitrogens with two attached hydrogens (primary N) is 1. The molecule has 0 saturated carbocycles. The van der Waals surface area contributed by atoms with Crippen molar-refractivity contribution in [2.45, 2.75) is 17.7 Å². The molecule has 0 heterocycles. The molecule has 5 nitrogen and oxygen atoms in total. The van der Waals surface area contributed by atoms with Crippen molar-refractivity contribution in [1.29, 1.82) is 0 Å². The molecule has 108 valence electrons. The summed E-state index contributed by atoms with van der Waals surface area (Å²) in [6.07, 6.45) is 1.25. The van der Waals surface area contributed by atoms with Gasteiger partial charge in [0.25, 0.3) is 0 Å². The highest BCUT2D eigenvalue weighted by molar-refractivity contribution is 7.89. The lowest BCUT2D eigenvalue weighted by atomic mass is 10.3. The minimum atomic E-state index is -4.15. The Kier molecular flexibility index (Phi) is 5.64. The second kappa shape index (κ2) is 6.78. The number of methoxy groups -OCH3 is 1. The summed E-state index contributed by atoms with van der Waals surface area (Å²) in [6, 6.07) is 1.26. The van der Waals surface area contributed by atoms with Crippen molar-refractivity contribution in [2.24, 2.45) is 5.14 Å². The van der Waals surface area contributed by atoms with E-state index in [-0.39, 0.29) is 6.61 Å². The Labute approximate surface area is 110 Å². The van der Waals surface area contributed by atoms with Crippen LogP contribution in [0.25, 0.3) is 0 Å². The molecular weight excluding hydrogens is 280 g/mol. The van der Waals surface area contributed by atoms with Crippen LogP contribution < -0.4 is 9.88 Å². The third kappa shape index (κ3) is 4.73. The van der Waals surface area contributed by atoms with E-state index in [1.54, 1.807) is 7.11 Å². The van der Waals surface area contributed by atoms with Gasteiger partial charge in [0.15, 0.2) is 17.4 Å². The van der Waals surface area contributed by atoms with Crippen molar-refractivity contribution in [2.75, 3.05) is 20.3 Å². The molecule has 1 rings (SSSR count). The Bertz CT molecular complexity index is 510. The van der Waals surface area contributed by atoms with Gasteiger partial charge in [0.1, 0.15) is 0 Å². The number of rotatable bonds is 7. The summed E-state index contributed by atoms with van der Waals surface area (Å²) in [5, 5.41) is 4.78. The Morgan fingerprint density at radius 3 is 2.16 bits per heavy atom. The van der Waals surface area contributed by atoms with Gasteiger partial charge < -0.3 is 9.47 Å². The molecule has 1 aromatic carbocycles. The van der Waals surface area contributed by atoms with Crippen LogP contribution in [0.2, 0.25) is 0 Å². The first kappa shape index (κ1) is 15.8. The first-order valence-electron chi connectivity index (χ1n) is 5.50. The van der Waals surface area contributed by atoms with E-state index in [1.807, 2.05) is 0 Å². The van der Waals surface area contributed by atoms with Crippen molar-refractivity contribution in [3.8, 4) is 5.75 Å². The molecule has 0 atom stereocenters. The van der Waals surface area contributed by atoms with Gasteiger partial charge in [0, 0.05) is 13.7 Å². The number of halogens is 2. The van der Waals surface area contributed by atoms with Gasteiger partial charge in [-0.2, -0.15) is 0 Å². The molecule has 8 heteroatoms. The van der Waals surface area contributed by atoms with Gasteiger partial charge in [-0.25, -0.2) is 22.3 Å². The number of primary sulfonamides is 1. The van der Waals surface area contributed by atoms with E-state index in [2.05, 4.69) is 0 Å².